The summed E-state index contributed by atoms with van der Waals surface area (Å²) in [5.41, 5.74) is 0.494. The normalized spacial score (nSPS) is 11.2. The molecular weight excluding hydrogens is 364 g/mol. The largest absolute Gasteiger partial charge is 0.395 e. The second kappa shape index (κ2) is 8.33. The summed E-state index contributed by atoms with van der Waals surface area (Å²) < 4.78 is 27.5. The molecule has 0 saturated carbocycles. The number of sulfonamides is 1. The summed E-state index contributed by atoms with van der Waals surface area (Å²) in [4.78, 5) is 13.8. The lowest BCUT2D eigenvalue weighted by atomic mass is 10.2. The molecule has 6 nitrogen and oxygen atoms in total. The van der Waals surface area contributed by atoms with Gasteiger partial charge in [-0.25, -0.2) is 8.42 Å². The fourth-order valence-electron chi connectivity index (χ4n) is 2.25. The standard InChI is InChI=1S/C17H19ClN2O4S/c1-2-20(10-11-21)17(22)13-6-5-7-14(12-13)25(23,24)19-16-9-4-3-8-15(16)18/h3-9,12,19,21H,2,10-11H2,1H3. The zero-order valence-electron chi connectivity index (χ0n) is 13.6. The number of benzene rings is 2. The molecule has 0 aliphatic rings. The first-order valence-corrected chi connectivity index (χ1v) is 9.52. The molecule has 0 radical (unpaired) electrons. The molecule has 8 heteroatoms. The molecule has 0 unspecified atom stereocenters. The summed E-state index contributed by atoms with van der Waals surface area (Å²) in [7, 11) is -3.89. The second-order valence-corrected chi connectivity index (χ2v) is 7.31. The summed E-state index contributed by atoms with van der Waals surface area (Å²) >= 11 is 5.98. The van der Waals surface area contributed by atoms with Gasteiger partial charge in [-0.3, -0.25) is 9.52 Å². The topological polar surface area (TPSA) is 86.7 Å². The lowest BCUT2D eigenvalue weighted by Gasteiger charge is -2.20. The molecule has 2 aromatic carbocycles. The maximum absolute atomic E-state index is 12.6. The average molecular weight is 383 g/mol. The van der Waals surface area contributed by atoms with Gasteiger partial charge in [-0.2, -0.15) is 0 Å². The predicted molar refractivity (Wildman–Crippen MR) is 97.4 cm³/mol. The molecular formula is C17H19ClN2O4S. The molecule has 0 aromatic heterocycles. The van der Waals surface area contributed by atoms with E-state index in [9.17, 15) is 13.2 Å². The molecule has 2 rings (SSSR count). The number of hydrogen-bond donors (Lipinski definition) is 2. The van der Waals surface area contributed by atoms with Gasteiger partial charge in [0.1, 0.15) is 0 Å². The first-order chi connectivity index (χ1) is 11.9. The van der Waals surface area contributed by atoms with Crippen LogP contribution < -0.4 is 4.72 Å². The lowest BCUT2D eigenvalue weighted by Crippen LogP contribution is -2.33. The minimum atomic E-state index is -3.89. The molecule has 0 bridgehead atoms. The zero-order valence-corrected chi connectivity index (χ0v) is 15.2. The van der Waals surface area contributed by atoms with E-state index in [4.69, 9.17) is 16.7 Å². The van der Waals surface area contributed by atoms with Crippen LogP contribution in [0.15, 0.2) is 53.4 Å². The smallest absolute Gasteiger partial charge is 0.261 e. The van der Waals surface area contributed by atoms with Gasteiger partial charge in [-0.1, -0.05) is 29.8 Å². The van der Waals surface area contributed by atoms with Gasteiger partial charge in [0.25, 0.3) is 15.9 Å². The van der Waals surface area contributed by atoms with E-state index in [0.717, 1.165) is 0 Å². The third kappa shape index (κ3) is 4.72. The minimum Gasteiger partial charge on any atom is -0.395 e. The number of likely N-dealkylation sites (N-methyl/N-ethyl adjacent to an activating group) is 1. The number of nitrogens with one attached hydrogen (secondary N) is 1. The summed E-state index contributed by atoms with van der Waals surface area (Å²) in [6, 6.07) is 12.2. The number of nitrogens with zero attached hydrogens (tertiary/aromatic N) is 1. The van der Waals surface area contributed by atoms with Crippen LogP contribution in [0.5, 0.6) is 0 Å². The van der Waals surface area contributed by atoms with Crippen LogP contribution >= 0.6 is 11.6 Å². The second-order valence-electron chi connectivity index (χ2n) is 5.22. The summed E-state index contributed by atoms with van der Waals surface area (Å²) in [5.74, 6) is -0.341. The van der Waals surface area contributed by atoms with Crippen LogP contribution in [-0.4, -0.2) is 44.0 Å². The van der Waals surface area contributed by atoms with Crippen molar-refractivity contribution in [3.8, 4) is 0 Å². The van der Waals surface area contributed by atoms with Crippen LogP contribution in [0.25, 0.3) is 0 Å². The van der Waals surface area contributed by atoms with Crippen molar-refractivity contribution in [3.63, 3.8) is 0 Å². The number of amides is 1. The van der Waals surface area contributed by atoms with Gasteiger partial charge in [-0.05, 0) is 37.3 Å². The molecule has 0 heterocycles. The average Bonchev–Trinajstić information content (AvgIpc) is 2.61. The highest BCUT2D eigenvalue weighted by molar-refractivity contribution is 7.92. The first-order valence-electron chi connectivity index (χ1n) is 7.66. The Bertz CT molecular complexity index is 855. The molecule has 0 fully saturated rings. The minimum absolute atomic E-state index is 0.0432. The number of aliphatic hydroxyl groups is 1. The van der Waals surface area contributed by atoms with E-state index in [1.54, 1.807) is 31.2 Å². The fraction of sp³-hybridized carbons (Fsp3) is 0.235. The Morgan fingerprint density at radius 3 is 2.56 bits per heavy atom. The molecule has 0 saturated heterocycles. The van der Waals surface area contributed by atoms with Crippen LogP contribution in [0.1, 0.15) is 17.3 Å². The van der Waals surface area contributed by atoms with Gasteiger partial charge < -0.3 is 10.0 Å². The van der Waals surface area contributed by atoms with Crippen LogP contribution in [0, 0.1) is 0 Å². The van der Waals surface area contributed by atoms with E-state index in [1.165, 1.54) is 29.2 Å². The number of carbonyl (C=O) groups excluding carboxylic acids is 1. The molecule has 2 N–H and O–H groups in total. The van der Waals surface area contributed by atoms with Crippen LogP contribution in [0.2, 0.25) is 5.02 Å². The number of aliphatic hydroxyl groups excluding tert-OH is 1. The predicted octanol–water partition coefficient (Wildman–Crippen LogP) is 2.60. The molecule has 25 heavy (non-hydrogen) atoms. The van der Waals surface area contributed by atoms with E-state index in [2.05, 4.69) is 4.72 Å². The highest BCUT2D eigenvalue weighted by atomic mass is 35.5. The molecule has 0 spiro atoms. The van der Waals surface area contributed by atoms with Crippen LogP contribution in [0.3, 0.4) is 0 Å². The van der Waals surface area contributed by atoms with Crippen molar-refractivity contribution in [2.24, 2.45) is 0 Å². The number of para-hydroxylation sites is 1. The lowest BCUT2D eigenvalue weighted by molar-refractivity contribution is 0.0731. The third-order valence-electron chi connectivity index (χ3n) is 3.55. The molecule has 2 aromatic rings. The maximum atomic E-state index is 12.6. The summed E-state index contributed by atoms with van der Waals surface area (Å²) in [6.07, 6.45) is 0. The number of anilines is 1. The molecule has 134 valence electrons. The van der Waals surface area contributed by atoms with E-state index in [0.29, 0.717) is 6.54 Å². The van der Waals surface area contributed by atoms with E-state index >= 15 is 0 Å². The number of halogens is 1. The molecule has 1 amide bonds. The maximum Gasteiger partial charge on any atom is 0.261 e. The Kier molecular flexibility index (Phi) is 6.41. The van der Waals surface area contributed by atoms with Crippen molar-refractivity contribution in [2.45, 2.75) is 11.8 Å². The Hall–Kier alpha value is -2.09. The summed E-state index contributed by atoms with van der Waals surface area (Å²) in [5, 5.41) is 9.30. The van der Waals surface area contributed by atoms with Gasteiger partial charge >= 0.3 is 0 Å². The van der Waals surface area contributed by atoms with Crippen molar-refractivity contribution in [3.05, 3.63) is 59.1 Å². The number of carbonyl (C=O) groups is 1. The number of hydrogen-bond acceptors (Lipinski definition) is 4. The van der Waals surface area contributed by atoms with Gasteiger partial charge in [0.05, 0.1) is 22.2 Å². The van der Waals surface area contributed by atoms with Gasteiger partial charge in [0.15, 0.2) is 0 Å². The Morgan fingerprint density at radius 1 is 1.20 bits per heavy atom. The Labute approximate surface area is 152 Å². The first kappa shape index (κ1) is 19.2. The van der Waals surface area contributed by atoms with E-state index in [1.807, 2.05) is 0 Å². The molecule has 0 aliphatic heterocycles. The highest BCUT2D eigenvalue weighted by Crippen LogP contribution is 2.24. The molecule has 0 atom stereocenters. The highest BCUT2D eigenvalue weighted by Gasteiger charge is 2.19. The zero-order chi connectivity index (χ0) is 18.4. The Balaban J connectivity index is 2.31. The SMILES string of the molecule is CCN(CCO)C(=O)c1cccc(S(=O)(=O)Nc2ccccc2Cl)c1. The summed E-state index contributed by atoms with van der Waals surface area (Å²) in [6.45, 7) is 2.22. The van der Waals surface area contributed by atoms with Crippen molar-refractivity contribution in [2.75, 3.05) is 24.4 Å². The van der Waals surface area contributed by atoms with E-state index in [-0.39, 0.29) is 40.2 Å². The van der Waals surface area contributed by atoms with Gasteiger partial charge in [-0.15, -0.1) is 0 Å². The number of rotatable bonds is 7. The van der Waals surface area contributed by atoms with Crippen LogP contribution in [-0.2, 0) is 10.0 Å². The fourth-order valence-corrected chi connectivity index (χ4v) is 3.61. The van der Waals surface area contributed by atoms with Crippen molar-refractivity contribution in [1.82, 2.24) is 4.90 Å². The van der Waals surface area contributed by atoms with Gasteiger partial charge in [0.2, 0.25) is 0 Å². The van der Waals surface area contributed by atoms with Crippen molar-refractivity contribution in [1.29, 1.82) is 0 Å². The molecule has 0 aliphatic carbocycles. The van der Waals surface area contributed by atoms with Gasteiger partial charge in [0, 0.05) is 18.7 Å². The van der Waals surface area contributed by atoms with E-state index < -0.39 is 10.0 Å². The Morgan fingerprint density at radius 2 is 1.92 bits per heavy atom. The van der Waals surface area contributed by atoms with Crippen molar-refractivity contribution < 1.29 is 18.3 Å². The van der Waals surface area contributed by atoms with Crippen molar-refractivity contribution >= 4 is 33.2 Å². The van der Waals surface area contributed by atoms with Crippen LogP contribution in [0.4, 0.5) is 5.69 Å². The monoisotopic (exact) mass is 382 g/mol. The quantitative estimate of drug-likeness (QED) is 0.770. The third-order valence-corrected chi connectivity index (χ3v) is 5.24.